The lowest BCUT2D eigenvalue weighted by atomic mass is 10.2. The molecule has 0 spiro atoms. The third-order valence-electron chi connectivity index (χ3n) is 2.33. The van der Waals surface area contributed by atoms with Crippen LogP contribution in [-0.4, -0.2) is 27.0 Å². The summed E-state index contributed by atoms with van der Waals surface area (Å²) in [5.74, 6) is -1.70. The van der Waals surface area contributed by atoms with E-state index in [1.807, 2.05) is 0 Å². The number of nitrogens with zero attached hydrogens (tertiary/aromatic N) is 1. The molecule has 0 unspecified atom stereocenters. The third kappa shape index (κ3) is 3.29. The van der Waals surface area contributed by atoms with Gasteiger partial charge in [0.2, 0.25) is 0 Å². The van der Waals surface area contributed by atoms with E-state index >= 15 is 0 Å². The number of nitrogens with one attached hydrogen (secondary N) is 2. The van der Waals surface area contributed by atoms with E-state index in [9.17, 15) is 9.59 Å². The van der Waals surface area contributed by atoms with Gasteiger partial charge in [-0.3, -0.25) is 4.79 Å². The van der Waals surface area contributed by atoms with E-state index in [0.717, 1.165) is 0 Å². The second-order valence-corrected chi connectivity index (χ2v) is 3.69. The standard InChI is InChI=1S/C13H11N3O3/c17-12(9-4-2-1-3-5-9)16-11(13(18)19)6-10-7-14-8-15-10/h1-8H,(H,14,15)(H,16,17)(H,18,19)/b11-6-. The number of amides is 1. The van der Waals surface area contributed by atoms with Gasteiger partial charge in [-0.25, -0.2) is 9.78 Å². The summed E-state index contributed by atoms with van der Waals surface area (Å²) in [5.41, 5.74) is 0.656. The van der Waals surface area contributed by atoms with Gasteiger partial charge in [-0.05, 0) is 18.2 Å². The molecule has 0 aliphatic heterocycles. The van der Waals surface area contributed by atoms with Crippen molar-refractivity contribution in [3.05, 3.63) is 59.8 Å². The summed E-state index contributed by atoms with van der Waals surface area (Å²) in [6.07, 6.45) is 4.18. The number of carboxylic acid groups (broad SMARTS) is 1. The molecule has 3 N–H and O–H groups in total. The summed E-state index contributed by atoms with van der Waals surface area (Å²) in [7, 11) is 0. The van der Waals surface area contributed by atoms with E-state index in [0.29, 0.717) is 11.3 Å². The molecule has 0 aliphatic rings. The molecule has 0 fully saturated rings. The lowest BCUT2D eigenvalue weighted by molar-refractivity contribution is -0.132. The molecule has 1 aromatic heterocycles. The first-order chi connectivity index (χ1) is 9.16. The summed E-state index contributed by atoms with van der Waals surface area (Å²) in [4.78, 5) is 29.4. The van der Waals surface area contributed by atoms with Crippen LogP contribution in [0.15, 0.2) is 48.6 Å². The zero-order chi connectivity index (χ0) is 13.7. The first-order valence-corrected chi connectivity index (χ1v) is 5.46. The topological polar surface area (TPSA) is 95.1 Å². The van der Waals surface area contributed by atoms with Gasteiger partial charge in [-0.2, -0.15) is 0 Å². The monoisotopic (exact) mass is 257 g/mol. The number of hydrogen-bond donors (Lipinski definition) is 3. The number of benzene rings is 1. The van der Waals surface area contributed by atoms with E-state index < -0.39 is 11.9 Å². The molecule has 1 heterocycles. The molecule has 1 amide bonds. The highest BCUT2D eigenvalue weighted by Gasteiger charge is 2.13. The van der Waals surface area contributed by atoms with E-state index in [-0.39, 0.29) is 5.70 Å². The van der Waals surface area contributed by atoms with Crippen LogP contribution in [0, 0.1) is 0 Å². The minimum Gasteiger partial charge on any atom is -0.477 e. The van der Waals surface area contributed by atoms with Crippen molar-refractivity contribution in [1.29, 1.82) is 0 Å². The van der Waals surface area contributed by atoms with Crippen molar-refractivity contribution in [3.8, 4) is 0 Å². The smallest absolute Gasteiger partial charge is 0.352 e. The van der Waals surface area contributed by atoms with Crippen molar-refractivity contribution in [1.82, 2.24) is 15.3 Å². The Morgan fingerprint density at radius 1 is 1.26 bits per heavy atom. The molecule has 0 saturated carbocycles. The molecule has 1 aromatic carbocycles. The Morgan fingerprint density at radius 3 is 2.58 bits per heavy atom. The maximum Gasteiger partial charge on any atom is 0.352 e. The van der Waals surface area contributed by atoms with Crippen LogP contribution in [0.3, 0.4) is 0 Å². The number of carbonyl (C=O) groups is 2. The van der Waals surface area contributed by atoms with Gasteiger partial charge in [-0.1, -0.05) is 18.2 Å². The molecular weight excluding hydrogens is 246 g/mol. The number of carbonyl (C=O) groups excluding carboxylic acids is 1. The molecule has 0 aliphatic carbocycles. The highest BCUT2D eigenvalue weighted by Crippen LogP contribution is 2.04. The van der Waals surface area contributed by atoms with E-state index in [4.69, 9.17) is 5.11 Å². The second-order valence-electron chi connectivity index (χ2n) is 3.69. The summed E-state index contributed by atoms with van der Waals surface area (Å²) in [5, 5.41) is 11.4. The molecule has 2 aromatic rings. The quantitative estimate of drug-likeness (QED) is 0.719. The van der Waals surface area contributed by atoms with Crippen LogP contribution in [0.2, 0.25) is 0 Å². The van der Waals surface area contributed by atoms with Crippen molar-refractivity contribution in [2.24, 2.45) is 0 Å². The van der Waals surface area contributed by atoms with E-state index in [1.54, 1.807) is 30.3 Å². The van der Waals surface area contributed by atoms with Crippen LogP contribution in [0.1, 0.15) is 16.1 Å². The normalized spacial score (nSPS) is 11.1. The molecular formula is C13H11N3O3. The molecule has 0 saturated heterocycles. The average molecular weight is 257 g/mol. The summed E-state index contributed by atoms with van der Waals surface area (Å²) >= 11 is 0. The number of aromatic amines is 1. The van der Waals surface area contributed by atoms with Crippen LogP contribution >= 0.6 is 0 Å². The molecule has 19 heavy (non-hydrogen) atoms. The first-order valence-electron chi connectivity index (χ1n) is 5.46. The van der Waals surface area contributed by atoms with Gasteiger partial charge in [0, 0.05) is 5.56 Å². The van der Waals surface area contributed by atoms with Crippen LogP contribution in [-0.2, 0) is 4.79 Å². The van der Waals surface area contributed by atoms with E-state index in [2.05, 4.69) is 15.3 Å². The number of aromatic nitrogens is 2. The van der Waals surface area contributed by atoms with Crippen LogP contribution in [0.4, 0.5) is 0 Å². The third-order valence-corrected chi connectivity index (χ3v) is 2.33. The predicted molar refractivity (Wildman–Crippen MR) is 68.1 cm³/mol. The SMILES string of the molecule is O=C(O)/C(=C/c1cnc[nH]1)NC(=O)c1ccccc1. The number of H-pyrrole nitrogens is 1. The Labute approximate surface area is 108 Å². The highest BCUT2D eigenvalue weighted by molar-refractivity contribution is 6.02. The fraction of sp³-hybridized carbons (Fsp3) is 0. The summed E-state index contributed by atoms with van der Waals surface area (Å²) in [6.45, 7) is 0. The van der Waals surface area contributed by atoms with Crippen molar-refractivity contribution < 1.29 is 14.7 Å². The lowest BCUT2D eigenvalue weighted by Gasteiger charge is -2.05. The highest BCUT2D eigenvalue weighted by atomic mass is 16.4. The Bertz CT molecular complexity index is 603. The van der Waals surface area contributed by atoms with Gasteiger partial charge in [-0.15, -0.1) is 0 Å². The van der Waals surface area contributed by atoms with Gasteiger partial charge < -0.3 is 15.4 Å². The minimum absolute atomic E-state index is 0.224. The Morgan fingerprint density at radius 2 is 2.00 bits per heavy atom. The van der Waals surface area contributed by atoms with Crippen LogP contribution < -0.4 is 5.32 Å². The fourth-order valence-corrected chi connectivity index (χ4v) is 1.44. The summed E-state index contributed by atoms with van der Waals surface area (Å²) < 4.78 is 0. The van der Waals surface area contributed by atoms with E-state index in [1.165, 1.54) is 18.6 Å². The minimum atomic E-state index is -1.22. The zero-order valence-corrected chi connectivity index (χ0v) is 9.83. The molecule has 96 valence electrons. The van der Waals surface area contributed by atoms with Crippen LogP contribution in [0.5, 0.6) is 0 Å². The van der Waals surface area contributed by atoms with Gasteiger partial charge in [0.1, 0.15) is 5.70 Å². The number of hydrogen-bond acceptors (Lipinski definition) is 3. The second kappa shape index (κ2) is 5.63. The fourth-order valence-electron chi connectivity index (χ4n) is 1.44. The van der Waals surface area contributed by atoms with Gasteiger partial charge in [0.05, 0.1) is 18.2 Å². The first kappa shape index (κ1) is 12.6. The molecule has 6 nitrogen and oxygen atoms in total. The lowest BCUT2D eigenvalue weighted by Crippen LogP contribution is -2.27. The molecule has 0 atom stereocenters. The van der Waals surface area contributed by atoms with Gasteiger partial charge in [0.15, 0.2) is 0 Å². The molecule has 2 rings (SSSR count). The molecule has 6 heteroatoms. The number of aliphatic carboxylic acids is 1. The van der Waals surface area contributed by atoms with Crippen molar-refractivity contribution >= 4 is 18.0 Å². The maximum absolute atomic E-state index is 11.8. The van der Waals surface area contributed by atoms with Crippen molar-refractivity contribution in [2.45, 2.75) is 0 Å². The largest absolute Gasteiger partial charge is 0.477 e. The number of rotatable bonds is 4. The van der Waals surface area contributed by atoms with Crippen molar-refractivity contribution in [3.63, 3.8) is 0 Å². The van der Waals surface area contributed by atoms with Gasteiger partial charge in [0.25, 0.3) is 5.91 Å². The molecule has 0 radical (unpaired) electrons. The Balaban J connectivity index is 2.19. The average Bonchev–Trinajstić information content (AvgIpc) is 2.91. The predicted octanol–water partition coefficient (Wildman–Crippen LogP) is 1.27. The number of imidazole rings is 1. The number of carboxylic acids is 1. The van der Waals surface area contributed by atoms with Crippen molar-refractivity contribution in [2.75, 3.05) is 0 Å². The Hall–Kier alpha value is -2.89. The van der Waals surface area contributed by atoms with Crippen LogP contribution in [0.25, 0.3) is 6.08 Å². The summed E-state index contributed by atoms with van der Waals surface area (Å²) in [6, 6.07) is 8.38. The maximum atomic E-state index is 11.8. The molecule has 0 bridgehead atoms. The Kier molecular flexibility index (Phi) is 3.72. The zero-order valence-electron chi connectivity index (χ0n) is 9.83. The van der Waals surface area contributed by atoms with Gasteiger partial charge >= 0.3 is 5.97 Å².